The molecule has 0 unspecified atom stereocenters. The van der Waals surface area contributed by atoms with Gasteiger partial charge in [0.25, 0.3) is 5.91 Å². The van der Waals surface area contributed by atoms with Crippen LogP contribution in [-0.4, -0.2) is 22.3 Å². The molecule has 0 aliphatic heterocycles. The molecule has 2 heterocycles. The Balaban J connectivity index is 2.18. The van der Waals surface area contributed by atoms with E-state index in [0.717, 1.165) is 0 Å². The fourth-order valence-electron chi connectivity index (χ4n) is 1.93. The van der Waals surface area contributed by atoms with Gasteiger partial charge in [-0.3, -0.25) is 9.78 Å². The van der Waals surface area contributed by atoms with Crippen molar-refractivity contribution < 1.29 is 9.21 Å². The van der Waals surface area contributed by atoms with Crippen molar-refractivity contribution in [1.82, 2.24) is 9.88 Å². The van der Waals surface area contributed by atoms with Gasteiger partial charge in [-0.2, -0.15) is 5.26 Å². The molecule has 1 amide bonds. The minimum absolute atomic E-state index is 0.168. The smallest absolute Gasteiger partial charge is 0.254 e. The van der Waals surface area contributed by atoms with E-state index < -0.39 is 0 Å². The molecule has 0 bridgehead atoms. The third kappa shape index (κ3) is 3.91. The molecule has 108 valence electrons. The first-order valence-corrected chi connectivity index (χ1v) is 6.58. The van der Waals surface area contributed by atoms with Gasteiger partial charge in [0.1, 0.15) is 5.76 Å². The van der Waals surface area contributed by atoms with Crippen LogP contribution < -0.4 is 5.73 Å². The zero-order valence-electron chi connectivity index (χ0n) is 11.5. The molecule has 0 atom stereocenters. The van der Waals surface area contributed by atoms with Crippen molar-refractivity contribution in [3.8, 4) is 6.07 Å². The van der Waals surface area contributed by atoms with Crippen LogP contribution in [0.2, 0.25) is 0 Å². The first-order valence-electron chi connectivity index (χ1n) is 6.58. The molecule has 6 heteroatoms. The predicted octanol–water partition coefficient (Wildman–Crippen LogP) is 1.69. The van der Waals surface area contributed by atoms with Gasteiger partial charge in [-0.1, -0.05) is 0 Å². The Morgan fingerprint density at radius 3 is 3.00 bits per heavy atom. The van der Waals surface area contributed by atoms with Crippen LogP contribution in [0, 0.1) is 11.3 Å². The monoisotopic (exact) mass is 284 g/mol. The van der Waals surface area contributed by atoms with Gasteiger partial charge in [-0.15, -0.1) is 0 Å². The molecule has 2 aromatic heterocycles. The number of hydrogen-bond donors (Lipinski definition) is 1. The van der Waals surface area contributed by atoms with Crippen molar-refractivity contribution >= 4 is 5.91 Å². The van der Waals surface area contributed by atoms with Crippen LogP contribution in [0.15, 0.2) is 41.1 Å². The summed E-state index contributed by atoms with van der Waals surface area (Å²) in [6, 6.07) is 8.92. The Kier molecular flexibility index (Phi) is 5.07. The van der Waals surface area contributed by atoms with Crippen molar-refractivity contribution in [3.63, 3.8) is 0 Å². The van der Waals surface area contributed by atoms with Gasteiger partial charge in [-0.25, -0.2) is 0 Å². The molecule has 2 aromatic rings. The highest BCUT2D eigenvalue weighted by Crippen LogP contribution is 2.12. The van der Waals surface area contributed by atoms with E-state index >= 15 is 0 Å². The van der Waals surface area contributed by atoms with Gasteiger partial charge in [0.05, 0.1) is 31.0 Å². The zero-order valence-corrected chi connectivity index (χ0v) is 11.5. The average molecular weight is 284 g/mol. The Bertz CT molecular complexity index is 631. The molecule has 0 saturated carbocycles. The van der Waals surface area contributed by atoms with Crippen molar-refractivity contribution in [1.29, 1.82) is 5.26 Å². The lowest BCUT2D eigenvalue weighted by Crippen LogP contribution is -2.31. The summed E-state index contributed by atoms with van der Waals surface area (Å²) in [5.41, 5.74) is 6.70. The number of nitriles is 1. The molecule has 0 aliphatic carbocycles. The fraction of sp³-hybridized carbons (Fsp3) is 0.267. The molecule has 2 rings (SSSR count). The standard InChI is InChI=1S/C15H16N4O2/c16-5-2-7-19(11-14-3-1-8-21-14)15(20)12-4-6-18-13(9-12)10-17/h1,3-4,6,8-9H,2,7,10-11,17H2. The van der Waals surface area contributed by atoms with Gasteiger partial charge >= 0.3 is 0 Å². The van der Waals surface area contributed by atoms with Crippen LogP contribution in [-0.2, 0) is 13.1 Å². The Labute approximate surface area is 122 Å². The third-order valence-corrected chi connectivity index (χ3v) is 2.98. The number of pyridine rings is 1. The molecule has 0 radical (unpaired) electrons. The molecule has 0 saturated heterocycles. The topological polar surface area (TPSA) is 96.1 Å². The lowest BCUT2D eigenvalue weighted by atomic mass is 10.2. The summed E-state index contributed by atoms with van der Waals surface area (Å²) in [6.45, 7) is 0.946. The number of amides is 1. The Hall–Kier alpha value is -2.65. The Morgan fingerprint density at radius 2 is 2.33 bits per heavy atom. The number of aromatic nitrogens is 1. The zero-order chi connectivity index (χ0) is 15.1. The van der Waals surface area contributed by atoms with Crippen LogP contribution in [0.1, 0.15) is 28.2 Å². The number of furan rings is 1. The summed E-state index contributed by atoms with van der Waals surface area (Å²) < 4.78 is 5.27. The molecular weight excluding hydrogens is 268 g/mol. The van der Waals surface area contributed by atoms with Crippen LogP contribution in [0.3, 0.4) is 0 Å². The second kappa shape index (κ2) is 7.22. The van der Waals surface area contributed by atoms with E-state index in [0.29, 0.717) is 30.1 Å². The van der Waals surface area contributed by atoms with Gasteiger partial charge in [0.2, 0.25) is 0 Å². The van der Waals surface area contributed by atoms with Crippen LogP contribution >= 0.6 is 0 Å². The molecular formula is C15H16N4O2. The van der Waals surface area contributed by atoms with Crippen LogP contribution in [0.4, 0.5) is 0 Å². The van der Waals surface area contributed by atoms with Gasteiger partial charge in [-0.05, 0) is 24.3 Å². The predicted molar refractivity (Wildman–Crippen MR) is 75.8 cm³/mol. The molecule has 2 N–H and O–H groups in total. The number of carbonyl (C=O) groups is 1. The van der Waals surface area contributed by atoms with E-state index in [1.165, 1.54) is 0 Å². The first-order chi connectivity index (χ1) is 10.2. The van der Waals surface area contributed by atoms with Crippen molar-refractivity contribution in [3.05, 3.63) is 53.7 Å². The summed E-state index contributed by atoms with van der Waals surface area (Å²) in [5, 5.41) is 8.74. The quantitative estimate of drug-likeness (QED) is 0.870. The molecule has 0 fully saturated rings. The van der Waals surface area contributed by atoms with Gasteiger partial charge in [0.15, 0.2) is 0 Å². The van der Waals surface area contributed by atoms with Crippen molar-refractivity contribution in [2.45, 2.75) is 19.5 Å². The number of hydrogen-bond acceptors (Lipinski definition) is 5. The largest absolute Gasteiger partial charge is 0.467 e. The van der Waals surface area contributed by atoms with E-state index in [4.69, 9.17) is 15.4 Å². The fourth-order valence-corrected chi connectivity index (χ4v) is 1.93. The molecule has 21 heavy (non-hydrogen) atoms. The third-order valence-electron chi connectivity index (χ3n) is 2.98. The first kappa shape index (κ1) is 14.8. The summed E-state index contributed by atoms with van der Waals surface area (Å²) in [6.07, 6.45) is 3.38. The Morgan fingerprint density at radius 1 is 1.48 bits per heavy atom. The van der Waals surface area contributed by atoms with E-state index in [1.54, 1.807) is 41.6 Å². The minimum Gasteiger partial charge on any atom is -0.467 e. The maximum absolute atomic E-state index is 12.6. The summed E-state index contributed by atoms with van der Waals surface area (Å²) in [5.74, 6) is 0.508. The number of nitrogens with two attached hydrogens (primary N) is 1. The molecule has 0 spiro atoms. The second-order valence-corrected chi connectivity index (χ2v) is 4.45. The SMILES string of the molecule is N#CCCN(Cc1ccco1)C(=O)c1ccnc(CN)c1. The minimum atomic E-state index is -0.168. The number of nitrogens with zero attached hydrogens (tertiary/aromatic N) is 3. The molecule has 6 nitrogen and oxygen atoms in total. The average Bonchev–Trinajstić information content (AvgIpc) is 3.03. The van der Waals surface area contributed by atoms with Gasteiger partial charge in [0, 0.05) is 24.8 Å². The normalized spacial score (nSPS) is 10.1. The molecule has 0 aromatic carbocycles. The summed E-state index contributed by atoms with van der Waals surface area (Å²) in [7, 11) is 0. The van der Waals surface area contributed by atoms with E-state index in [9.17, 15) is 4.79 Å². The lowest BCUT2D eigenvalue weighted by Gasteiger charge is -2.20. The lowest BCUT2D eigenvalue weighted by molar-refractivity contribution is 0.0735. The van der Waals surface area contributed by atoms with E-state index in [-0.39, 0.29) is 18.9 Å². The number of carbonyl (C=O) groups excluding carboxylic acids is 1. The maximum atomic E-state index is 12.6. The second-order valence-electron chi connectivity index (χ2n) is 4.45. The van der Waals surface area contributed by atoms with Crippen molar-refractivity contribution in [2.75, 3.05) is 6.54 Å². The highest BCUT2D eigenvalue weighted by Gasteiger charge is 2.17. The van der Waals surface area contributed by atoms with Crippen molar-refractivity contribution in [2.24, 2.45) is 5.73 Å². The van der Waals surface area contributed by atoms with E-state index in [1.807, 2.05) is 6.07 Å². The summed E-state index contributed by atoms with van der Waals surface area (Å²) >= 11 is 0. The van der Waals surface area contributed by atoms with Crippen LogP contribution in [0.25, 0.3) is 0 Å². The highest BCUT2D eigenvalue weighted by molar-refractivity contribution is 5.94. The number of rotatable bonds is 6. The van der Waals surface area contributed by atoms with Gasteiger partial charge < -0.3 is 15.1 Å². The highest BCUT2D eigenvalue weighted by atomic mass is 16.3. The summed E-state index contributed by atoms with van der Waals surface area (Å²) in [4.78, 5) is 18.2. The maximum Gasteiger partial charge on any atom is 0.254 e. The van der Waals surface area contributed by atoms with Crippen LogP contribution in [0.5, 0.6) is 0 Å². The van der Waals surface area contributed by atoms with E-state index in [2.05, 4.69) is 4.98 Å². The molecule has 0 aliphatic rings.